The highest BCUT2D eigenvalue weighted by Crippen LogP contribution is 2.52. The smallest absolute Gasteiger partial charge is 0.0982 e. The second-order valence-corrected chi connectivity index (χ2v) is 14.3. The van der Waals surface area contributed by atoms with E-state index in [4.69, 9.17) is 4.74 Å². The van der Waals surface area contributed by atoms with Gasteiger partial charge in [0.05, 0.1) is 17.8 Å². The van der Waals surface area contributed by atoms with Crippen molar-refractivity contribution < 1.29 is 9.84 Å². The molecule has 0 bridgehead atoms. The maximum absolute atomic E-state index is 10.1. The molecule has 0 spiro atoms. The van der Waals surface area contributed by atoms with Crippen LogP contribution in [0.15, 0.2) is 118 Å². The Kier molecular flexibility index (Phi) is 11.4. The first-order valence-electron chi connectivity index (χ1n) is 15.8. The maximum atomic E-state index is 10.1. The zero-order valence-electron chi connectivity index (χ0n) is 28.1. The van der Waals surface area contributed by atoms with E-state index in [1.54, 1.807) is 0 Å². The van der Waals surface area contributed by atoms with E-state index >= 15 is 0 Å². The van der Waals surface area contributed by atoms with Crippen LogP contribution < -0.4 is 0 Å². The highest BCUT2D eigenvalue weighted by atomic mass is 16.5. The van der Waals surface area contributed by atoms with Crippen LogP contribution in [0.4, 0.5) is 0 Å². The van der Waals surface area contributed by atoms with Crippen LogP contribution in [0.2, 0.25) is 0 Å². The van der Waals surface area contributed by atoms with Gasteiger partial charge in [-0.25, -0.2) is 0 Å². The predicted molar refractivity (Wildman–Crippen MR) is 182 cm³/mol. The van der Waals surface area contributed by atoms with Crippen LogP contribution in [-0.2, 0) is 4.74 Å². The van der Waals surface area contributed by atoms with Crippen molar-refractivity contribution in [2.75, 3.05) is 0 Å². The first-order chi connectivity index (χ1) is 19.6. The zero-order chi connectivity index (χ0) is 31.1. The van der Waals surface area contributed by atoms with E-state index in [1.165, 1.54) is 51.9 Å². The summed E-state index contributed by atoms with van der Waals surface area (Å²) in [6, 6.07) is 0. The van der Waals surface area contributed by atoms with Crippen LogP contribution in [-0.4, -0.2) is 22.9 Å². The molecule has 3 rings (SSSR count). The third-order valence-corrected chi connectivity index (χ3v) is 9.16. The summed E-state index contributed by atoms with van der Waals surface area (Å²) in [5.74, 6) is 0. The summed E-state index contributed by atoms with van der Waals surface area (Å²) in [7, 11) is 0. The molecule has 0 aromatic rings. The second-order valence-electron chi connectivity index (χ2n) is 14.3. The standard InChI is InChI=1S/C40H56O2/c1-29(18-13-19-31(3)22-23-35-33(5)26-34(41)28-39(35,8)9)16-11-12-17-30(2)20-14-21-32(4)36-27-37-38(6,7)24-15-25-40(37,10)42-36/h11-14,16-23,27,34,36,41H,15,24-26,28H2,1-10H3/b12-11+,18-13+,20-14-,23-22+,29-16+,30-17-,31-19+,32-21+/t34?,36?,40-/m1/s1. The lowest BCUT2D eigenvalue weighted by Crippen LogP contribution is -2.39. The molecule has 0 amide bonds. The number of rotatable bonds is 9. The van der Waals surface area contributed by atoms with E-state index in [1.807, 2.05) is 0 Å². The third-order valence-electron chi connectivity index (χ3n) is 9.16. The largest absolute Gasteiger partial charge is 0.393 e. The molecule has 0 radical (unpaired) electrons. The molecule has 3 aliphatic rings. The Labute approximate surface area is 257 Å². The molecule has 1 N–H and O–H groups in total. The molecule has 1 fully saturated rings. The first-order valence-corrected chi connectivity index (χ1v) is 15.8. The van der Waals surface area contributed by atoms with Crippen LogP contribution in [0.5, 0.6) is 0 Å². The van der Waals surface area contributed by atoms with Crippen LogP contribution in [0.1, 0.15) is 101 Å². The van der Waals surface area contributed by atoms with Gasteiger partial charge >= 0.3 is 0 Å². The number of hydrogen-bond donors (Lipinski definition) is 1. The van der Waals surface area contributed by atoms with E-state index in [0.29, 0.717) is 0 Å². The van der Waals surface area contributed by atoms with Crippen molar-refractivity contribution in [2.45, 2.75) is 119 Å². The molecule has 1 heterocycles. The quantitative estimate of drug-likeness (QED) is 0.221. The molecule has 3 atom stereocenters. The Hall–Kier alpha value is -2.68. The highest BCUT2D eigenvalue weighted by Gasteiger charge is 2.47. The van der Waals surface area contributed by atoms with Crippen molar-refractivity contribution in [2.24, 2.45) is 10.8 Å². The third kappa shape index (κ3) is 9.16. The normalized spacial score (nSPS) is 29.5. The number of aliphatic hydroxyl groups excluding tert-OH is 1. The molecule has 42 heavy (non-hydrogen) atoms. The number of hydrogen-bond acceptors (Lipinski definition) is 2. The monoisotopic (exact) mass is 568 g/mol. The summed E-state index contributed by atoms with van der Waals surface area (Å²) in [6.45, 7) is 22.1. The zero-order valence-corrected chi connectivity index (χ0v) is 28.1. The van der Waals surface area contributed by atoms with E-state index in [-0.39, 0.29) is 28.6 Å². The van der Waals surface area contributed by atoms with Gasteiger partial charge in [0.1, 0.15) is 0 Å². The van der Waals surface area contributed by atoms with Crippen LogP contribution in [0, 0.1) is 10.8 Å². The second kappa shape index (κ2) is 14.2. The Balaban J connectivity index is 1.51. The molecule has 2 unspecified atom stereocenters. The molecule has 2 heteroatoms. The number of fused-ring (bicyclic) bond motifs is 1. The van der Waals surface area contributed by atoms with Crippen LogP contribution in [0.3, 0.4) is 0 Å². The predicted octanol–water partition coefficient (Wildman–Crippen LogP) is 10.8. The maximum Gasteiger partial charge on any atom is 0.0982 e. The van der Waals surface area contributed by atoms with Gasteiger partial charge in [-0.2, -0.15) is 0 Å². The topological polar surface area (TPSA) is 29.5 Å². The van der Waals surface area contributed by atoms with E-state index in [9.17, 15) is 5.11 Å². The van der Waals surface area contributed by atoms with Gasteiger partial charge in [0.2, 0.25) is 0 Å². The summed E-state index contributed by atoms with van der Waals surface area (Å²) in [5.41, 5.74) is 9.13. The van der Waals surface area contributed by atoms with Crippen molar-refractivity contribution in [3.05, 3.63) is 118 Å². The highest BCUT2D eigenvalue weighted by molar-refractivity contribution is 5.39. The van der Waals surface area contributed by atoms with Crippen LogP contribution >= 0.6 is 0 Å². The molecule has 1 aliphatic heterocycles. The van der Waals surface area contributed by atoms with Gasteiger partial charge in [-0.15, -0.1) is 0 Å². The summed E-state index contributed by atoms with van der Waals surface area (Å²) in [5, 5.41) is 10.1. The van der Waals surface area contributed by atoms with E-state index < -0.39 is 0 Å². The fourth-order valence-corrected chi connectivity index (χ4v) is 6.84. The summed E-state index contributed by atoms with van der Waals surface area (Å²) in [4.78, 5) is 0. The van der Waals surface area contributed by atoms with Gasteiger partial charge in [-0.05, 0) is 107 Å². The minimum atomic E-state index is -0.223. The summed E-state index contributed by atoms with van der Waals surface area (Å²) < 4.78 is 6.55. The Morgan fingerprint density at radius 2 is 1.36 bits per heavy atom. The van der Waals surface area contributed by atoms with Gasteiger partial charge in [-0.1, -0.05) is 123 Å². The molecule has 0 aromatic carbocycles. The molecule has 2 aliphatic carbocycles. The Morgan fingerprint density at radius 3 is 1.95 bits per heavy atom. The van der Waals surface area contributed by atoms with Gasteiger partial charge in [0.25, 0.3) is 0 Å². The summed E-state index contributed by atoms with van der Waals surface area (Å²) >= 11 is 0. The average Bonchev–Trinajstić information content (AvgIpc) is 3.24. The van der Waals surface area contributed by atoms with Crippen molar-refractivity contribution >= 4 is 0 Å². The lowest BCUT2D eigenvalue weighted by Gasteiger charge is -2.42. The first kappa shape index (κ1) is 33.8. The van der Waals surface area contributed by atoms with Crippen LogP contribution in [0.25, 0.3) is 0 Å². The molecular weight excluding hydrogens is 512 g/mol. The molecule has 1 saturated carbocycles. The molecule has 0 aromatic heterocycles. The van der Waals surface area contributed by atoms with Gasteiger partial charge in [0.15, 0.2) is 0 Å². The van der Waals surface area contributed by atoms with E-state index in [0.717, 1.165) is 19.3 Å². The molecule has 0 saturated heterocycles. The SMILES string of the molecule is CC1=C(/C=C/C(C)=C/C=C/C(C)=C/C=C/C=C(C)\C=C/C=C(\C)C2C=C3C(C)(C)CCC[C@@]3(C)O2)C(C)(C)CC(O)C1. The van der Waals surface area contributed by atoms with Gasteiger partial charge < -0.3 is 9.84 Å². The average molecular weight is 569 g/mol. The fourth-order valence-electron chi connectivity index (χ4n) is 6.84. The van der Waals surface area contributed by atoms with Crippen molar-refractivity contribution in [1.82, 2.24) is 0 Å². The summed E-state index contributed by atoms with van der Waals surface area (Å²) in [6.07, 6.45) is 33.2. The Bertz CT molecular complexity index is 1290. The lowest BCUT2D eigenvalue weighted by molar-refractivity contribution is -0.0307. The van der Waals surface area contributed by atoms with Gasteiger partial charge in [-0.3, -0.25) is 0 Å². The number of aliphatic hydroxyl groups is 1. The molecule has 2 nitrogen and oxygen atoms in total. The van der Waals surface area contributed by atoms with Gasteiger partial charge in [0, 0.05) is 0 Å². The van der Waals surface area contributed by atoms with Crippen molar-refractivity contribution in [3.63, 3.8) is 0 Å². The fraction of sp³-hybridized carbons (Fsp3) is 0.500. The lowest BCUT2D eigenvalue weighted by atomic mass is 9.67. The molecular formula is C40H56O2. The number of allylic oxidation sites excluding steroid dienone is 16. The minimum absolute atomic E-state index is 0.00964. The van der Waals surface area contributed by atoms with E-state index in [2.05, 4.69) is 148 Å². The van der Waals surface area contributed by atoms with Crippen molar-refractivity contribution in [1.29, 1.82) is 0 Å². The van der Waals surface area contributed by atoms with Crippen molar-refractivity contribution in [3.8, 4) is 0 Å². The number of ether oxygens (including phenoxy) is 1. The molecule has 228 valence electrons. The minimum Gasteiger partial charge on any atom is -0.393 e. The Morgan fingerprint density at radius 1 is 0.786 bits per heavy atom.